The van der Waals surface area contributed by atoms with Crippen LogP contribution in [0.5, 0.6) is 17.2 Å². The number of H-pyrrole nitrogens is 1. The van der Waals surface area contributed by atoms with Crippen LogP contribution in [-0.4, -0.2) is 44.3 Å². The Hall–Kier alpha value is -4.33. The normalized spacial score (nSPS) is 14.5. The van der Waals surface area contributed by atoms with E-state index in [-0.39, 0.29) is 11.7 Å². The Bertz CT molecular complexity index is 1400. The Morgan fingerprint density at radius 1 is 1.00 bits per heavy atom. The number of pyridine rings is 1. The molecule has 1 amide bonds. The molecule has 0 bridgehead atoms. The van der Waals surface area contributed by atoms with Crippen LogP contribution in [0.15, 0.2) is 67.0 Å². The minimum Gasteiger partial charge on any atom is -0.507 e. The van der Waals surface area contributed by atoms with Gasteiger partial charge in [-0.15, -0.1) is 0 Å². The van der Waals surface area contributed by atoms with Crippen molar-refractivity contribution in [3.63, 3.8) is 0 Å². The van der Waals surface area contributed by atoms with Crippen LogP contribution in [0, 0.1) is 0 Å². The molecule has 8 nitrogen and oxygen atoms in total. The lowest BCUT2D eigenvalue weighted by Crippen LogP contribution is -2.29. The predicted octanol–water partition coefficient (Wildman–Crippen LogP) is 5.89. The number of hydrogen-bond donors (Lipinski definition) is 2. The van der Waals surface area contributed by atoms with E-state index >= 15 is 0 Å². The van der Waals surface area contributed by atoms with Gasteiger partial charge in [-0.2, -0.15) is 5.10 Å². The number of para-hydroxylation sites is 1. The van der Waals surface area contributed by atoms with E-state index in [2.05, 4.69) is 22.1 Å². The summed E-state index contributed by atoms with van der Waals surface area (Å²) in [5.74, 6) is 1.27. The van der Waals surface area contributed by atoms with Gasteiger partial charge in [-0.3, -0.25) is 14.9 Å². The average molecular weight is 513 g/mol. The molecule has 1 atom stereocenters. The number of amides is 1. The third kappa shape index (κ3) is 4.94. The first-order valence-electron chi connectivity index (χ1n) is 13.1. The first-order valence-corrected chi connectivity index (χ1v) is 13.1. The van der Waals surface area contributed by atoms with Crippen LogP contribution >= 0.6 is 0 Å². The molecule has 0 aliphatic carbocycles. The lowest BCUT2D eigenvalue weighted by molar-refractivity contribution is 0.0729. The van der Waals surface area contributed by atoms with Gasteiger partial charge < -0.3 is 19.5 Å². The zero-order chi connectivity index (χ0) is 26.5. The number of carbonyl (C=O) groups is 1. The van der Waals surface area contributed by atoms with E-state index in [0.29, 0.717) is 48.2 Å². The smallest absolute Gasteiger partial charge is 0.273 e. The van der Waals surface area contributed by atoms with Crippen molar-refractivity contribution < 1.29 is 19.4 Å². The summed E-state index contributed by atoms with van der Waals surface area (Å²) in [6, 6.07) is 16.2. The molecule has 4 aromatic rings. The Morgan fingerprint density at radius 3 is 2.58 bits per heavy atom. The number of phenols is 1. The van der Waals surface area contributed by atoms with Gasteiger partial charge in [-0.25, -0.2) is 0 Å². The van der Waals surface area contributed by atoms with Crippen LogP contribution in [-0.2, 0) is 6.54 Å². The lowest BCUT2D eigenvalue weighted by Gasteiger charge is -2.27. The summed E-state index contributed by atoms with van der Waals surface area (Å²) in [4.78, 5) is 19.6. The van der Waals surface area contributed by atoms with E-state index in [1.54, 1.807) is 30.6 Å². The van der Waals surface area contributed by atoms with Gasteiger partial charge in [0, 0.05) is 30.1 Å². The number of hydrogen-bond acceptors (Lipinski definition) is 6. The number of aromatic nitrogens is 3. The molecular formula is C30H32N4O4. The highest BCUT2D eigenvalue weighted by atomic mass is 16.5. The van der Waals surface area contributed by atoms with Crippen LogP contribution in [0.25, 0.3) is 11.3 Å². The van der Waals surface area contributed by atoms with Crippen LogP contribution in [0.1, 0.15) is 66.3 Å². The summed E-state index contributed by atoms with van der Waals surface area (Å²) >= 11 is 0. The molecule has 8 heteroatoms. The Morgan fingerprint density at radius 2 is 1.82 bits per heavy atom. The second-order valence-electron chi connectivity index (χ2n) is 9.26. The zero-order valence-corrected chi connectivity index (χ0v) is 21.7. The van der Waals surface area contributed by atoms with Gasteiger partial charge in [0.05, 0.1) is 19.3 Å². The molecule has 0 saturated heterocycles. The monoisotopic (exact) mass is 512 g/mol. The number of aromatic amines is 1. The molecule has 5 rings (SSSR count). The Kier molecular flexibility index (Phi) is 7.58. The Labute approximate surface area is 222 Å². The number of unbranched alkanes of at least 4 members (excludes halogenated alkanes) is 2. The second-order valence-corrected chi connectivity index (χ2v) is 9.26. The molecule has 0 spiro atoms. The van der Waals surface area contributed by atoms with Gasteiger partial charge in [0.2, 0.25) is 0 Å². The first kappa shape index (κ1) is 25.3. The van der Waals surface area contributed by atoms with Crippen molar-refractivity contribution in [3.05, 3.63) is 89.4 Å². The summed E-state index contributed by atoms with van der Waals surface area (Å²) in [6.07, 6.45) is 6.64. The number of rotatable bonds is 11. The quantitative estimate of drug-likeness (QED) is 0.243. The van der Waals surface area contributed by atoms with Crippen LogP contribution < -0.4 is 9.47 Å². The summed E-state index contributed by atoms with van der Waals surface area (Å²) in [6.45, 7) is 5.58. The molecule has 0 radical (unpaired) electrons. The summed E-state index contributed by atoms with van der Waals surface area (Å²) < 4.78 is 12.0. The molecule has 1 aliphatic heterocycles. The van der Waals surface area contributed by atoms with E-state index in [9.17, 15) is 9.90 Å². The molecule has 1 aliphatic rings. The molecule has 2 aromatic carbocycles. The molecule has 196 valence electrons. The molecule has 2 N–H and O–H groups in total. The van der Waals surface area contributed by atoms with Crippen molar-refractivity contribution in [2.45, 2.75) is 45.7 Å². The maximum absolute atomic E-state index is 13.7. The highest BCUT2D eigenvalue weighted by Gasteiger charge is 2.42. The molecule has 0 fully saturated rings. The number of ether oxygens (including phenoxy) is 2. The fourth-order valence-corrected chi connectivity index (χ4v) is 4.89. The zero-order valence-electron chi connectivity index (χ0n) is 21.7. The van der Waals surface area contributed by atoms with Crippen molar-refractivity contribution in [3.8, 4) is 28.5 Å². The van der Waals surface area contributed by atoms with Crippen LogP contribution in [0.3, 0.4) is 0 Å². The second kappa shape index (κ2) is 11.4. The fourth-order valence-electron chi connectivity index (χ4n) is 4.89. The van der Waals surface area contributed by atoms with E-state index in [1.165, 1.54) is 0 Å². The summed E-state index contributed by atoms with van der Waals surface area (Å²) in [7, 11) is 0. The van der Waals surface area contributed by atoms with Gasteiger partial charge in [-0.05, 0) is 60.9 Å². The molecule has 3 heterocycles. The molecule has 0 saturated carbocycles. The number of carbonyl (C=O) groups excluding carboxylic acids is 1. The molecule has 38 heavy (non-hydrogen) atoms. The molecule has 2 aromatic heterocycles. The predicted molar refractivity (Wildman–Crippen MR) is 144 cm³/mol. The van der Waals surface area contributed by atoms with Gasteiger partial charge in [-0.1, -0.05) is 38.0 Å². The third-order valence-electron chi connectivity index (χ3n) is 6.71. The van der Waals surface area contributed by atoms with E-state index in [0.717, 1.165) is 36.0 Å². The lowest BCUT2D eigenvalue weighted by atomic mass is 9.95. The molecular weight excluding hydrogens is 480 g/mol. The van der Waals surface area contributed by atoms with Gasteiger partial charge in [0.15, 0.2) is 11.5 Å². The SMILES string of the molecule is CCCCCOc1ccc(C2c3c(-c4ccccc4O)n[nH]c3C(=O)N2Cc2ccncc2)cc1OCC. The van der Waals surface area contributed by atoms with Gasteiger partial charge in [0.1, 0.15) is 17.1 Å². The first-order chi connectivity index (χ1) is 18.6. The number of nitrogens with zero attached hydrogens (tertiary/aromatic N) is 3. The van der Waals surface area contributed by atoms with Crippen molar-refractivity contribution in [1.29, 1.82) is 0 Å². The summed E-state index contributed by atoms with van der Waals surface area (Å²) in [5.41, 5.74) is 4.08. The standard InChI is InChI=1S/C30H32N4O4/c1-3-5-8-17-38-24-12-11-21(18-25(24)37-4-2)29-26-27(22-9-6-7-10-23(22)35)32-33-28(26)30(36)34(29)19-20-13-15-31-16-14-20/h6-7,9-16,18,29,35H,3-5,8,17,19H2,1-2H3,(H,32,33). The van der Waals surface area contributed by atoms with Crippen molar-refractivity contribution in [1.82, 2.24) is 20.1 Å². The number of aromatic hydroxyl groups is 1. The minimum atomic E-state index is -0.452. The van der Waals surface area contributed by atoms with Crippen molar-refractivity contribution >= 4 is 5.91 Å². The highest BCUT2D eigenvalue weighted by Crippen LogP contribution is 2.46. The van der Waals surface area contributed by atoms with Gasteiger partial charge in [0.25, 0.3) is 5.91 Å². The Balaban J connectivity index is 1.59. The average Bonchev–Trinajstić information content (AvgIpc) is 3.47. The number of phenolic OH excluding ortho intramolecular Hbond substituents is 1. The highest BCUT2D eigenvalue weighted by molar-refractivity contribution is 6.00. The van der Waals surface area contributed by atoms with Crippen LogP contribution in [0.2, 0.25) is 0 Å². The van der Waals surface area contributed by atoms with E-state index < -0.39 is 6.04 Å². The van der Waals surface area contributed by atoms with Crippen molar-refractivity contribution in [2.75, 3.05) is 13.2 Å². The van der Waals surface area contributed by atoms with E-state index in [1.807, 2.05) is 48.2 Å². The maximum Gasteiger partial charge on any atom is 0.273 e. The number of nitrogens with one attached hydrogen (secondary N) is 1. The third-order valence-corrected chi connectivity index (χ3v) is 6.71. The molecule has 1 unspecified atom stereocenters. The topological polar surface area (TPSA) is 101 Å². The number of fused-ring (bicyclic) bond motifs is 1. The minimum absolute atomic E-state index is 0.103. The van der Waals surface area contributed by atoms with Crippen molar-refractivity contribution in [2.24, 2.45) is 0 Å². The van der Waals surface area contributed by atoms with Crippen LogP contribution in [0.4, 0.5) is 0 Å². The maximum atomic E-state index is 13.7. The summed E-state index contributed by atoms with van der Waals surface area (Å²) in [5, 5.41) is 18.0. The van der Waals surface area contributed by atoms with Gasteiger partial charge >= 0.3 is 0 Å². The largest absolute Gasteiger partial charge is 0.507 e. The van der Waals surface area contributed by atoms with E-state index in [4.69, 9.17) is 9.47 Å². The fraction of sp³-hybridized carbons (Fsp3) is 0.300. The number of benzene rings is 2.